The maximum atomic E-state index is 4.92. The van der Waals surface area contributed by atoms with E-state index >= 15 is 0 Å². The van der Waals surface area contributed by atoms with Crippen molar-refractivity contribution in [3.05, 3.63) is 0 Å². The second-order valence-electron chi connectivity index (χ2n) is 2.52. The zero-order valence-corrected chi connectivity index (χ0v) is 6.18. The van der Waals surface area contributed by atoms with Crippen molar-refractivity contribution in [2.24, 2.45) is 0 Å². The van der Waals surface area contributed by atoms with E-state index in [0.29, 0.717) is 6.61 Å². The molecule has 0 bridgehead atoms. The van der Waals surface area contributed by atoms with Crippen LogP contribution in [0.15, 0.2) is 0 Å². The van der Waals surface area contributed by atoms with Gasteiger partial charge in [-0.25, -0.2) is 0 Å². The van der Waals surface area contributed by atoms with Gasteiger partial charge in [-0.05, 0) is 25.9 Å². The van der Waals surface area contributed by atoms with Crippen LogP contribution in [0.3, 0.4) is 0 Å². The molecular formula is C8H13NO. The highest BCUT2D eigenvalue weighted by atomic mass is 16.5. The first kappa shape index (κ1) is 7.43. The van der Waals surface area contributed by atoms with Crippen molar-refractivity contribution in [3.63, 3.8) is 0 Å². The monoisotopic (exact) mass is 139 g/mol. The summed E-state index contributed by atoms with van der Waals surface area (Å²) in [5.74, 6) is 0. The summed E-state index contributed by atoms with van der Waals surface area (Å²) < 4.78 is 4.78. The number of rotatable bonds is 3. The highest BCUT2D eigenvalue weighted by Gasteiger charge is 2.09. The van der Waals surface area contributed by atoms with E-state index < -0.39 is 0 Å². The molecule has 56 valence electrons. The molecule has 10 heavy (non-hydrogen) atoms. The van der Waals surface area contributed by atoms with E-state index in [2.05, 4.69) is 11.0 Å². The Bertz CT molecular complexity index is 122. The molecule has 0 radical (unpaired) electrons. The fourth-order valence-electron chi connectivity index (χ4n) is 1.24. The minimum atomic E-state index is 0.677. The van der Waals surface area contributed by atoms with Gasteiger partial charge in [-0.3, -0.25) is 4.90 Å². The van der Waals surface area contributed by atoms with Crippen LogP contribution in [0.1, 0.15) is 12.8 Å². The minimum Gasteiger partial charge on any atom is -0.445 e. The van der Waals surface area contributed by atoms with Gasteiger partial charge in [0.25, 0.3) is 0 Å². The molecule has 0 saturated carbocycles. The van der Waals surface area contributed by atoms with Gasteiger partial charge in [-0.15, -0.1) is 0 Å². The van der Waals surface area contributed by atoms with Gasteiger partial charge in [0, 0.05) is 6.54 Å². The van der Waals surface area contributed by atoms with Crippen LogP contribution in [0.2, 0.25) is 0 Å². The molecule has 1 aliphatic heterocycles. The molecule has 2 nitrogen and oxygen atoms in total. The van der Waals surface area contributed by atoms with Crippen molar-refractivity contribution in [1.82, 2.24) is 4.90 Å². The molecule has 0 aromatic heterocycles. The van der Waals surface area contributed by atoms with E-state index in [0.717, 1.165) is 6.54 Å². The van der Waals surface area contributed by atoms with Crippen LogP contribution in [0.25, 0.3) is 0 Å². The molecule has 1 heterocycles. The summed E-state index contributed by atoms with van der Waals surface area (Å²) in [6, 6.07) is 0. The number of hydrogen-bond donors (Lipinski definition) is 0. The lowest BCUT2D eigenvalue weighted by atomic mass is 10.4. The molecule has 0 N–H and O–H groups in total. The summed E-state index contributed by atoms with van der Waals surface area (Å²) in [6.07, 6.45) is 9.75. The molecule has 0 aromatic carbocycles. The van der Waals surface area contributed by atoms with Crippen LogP contribution in [0, 0.1) is 12.5 Å². The number of hydrogen-bond acceptors (Lipinski definition) is 2. The Morgan fingerprint density at radius 2 is 2.10 bits per heavy atom. The van der Waals surface area contributed by atoms with E-state index in [9.17, 15) is 0 Å². The van der Waals surface area contributed by atoms with Crippen molar-refractivity contribution < 1.29 is 4.74 Å². The van der Waals surface area contributed by atoms with Gasteiger partial charge in [0.05, 0.1) is 0 Å². The molecule has 1 aliphatic rings. The Morgan fingerprint density at radius 1 is 1.40 bits per heavy atom. The van der Waals surface area contributed by atoms with Gasteiger partial charge >= 0.3 is 0 Å². The van der Waals surface area contributed by atoms with Gasteiger partial charge in [0.15, 0.2) is 0 Å². The van der Waals surface area contributed by atoms with Gasteiger partial charge in [0.2, 0.25) is 0 Å². The Hall–Kier alpha value is -0.680. The van der Waals surface area contributed by atoms with Gasteiger partial charge in [-0.2, -0.15) is 0 Å². The van der Waals surface area contributed by atoms with Crippen molar-refractivity contribution in [1.29, 1.82) is 0 Å². The van der Waals surface area contributed by atoms with E-state index in [1.165, 1.54) is 25.9 Å². The smallest absolute Gasteiger partial charge is 0.113 e. The summed E-state index contributed by atoms with van der Waals surface area (Å²) in [7, 11) is 0. The molecule has 0 amide bonds. The molecular weight excluding hydrogens is 126 g/mol. The summed E-state index contributed by atoms with van der Waals surface area (Å²) in [5.41, 5.74) is 0. The summed E-state index contributed by atoms with van der Waals surface area (Å²) in [6.45, 7) is 4.10. The van der Waals surface area contributed by atoms with E-state index in [4.69, 9.17) is 11.2 Å². The second kappa shape index (κ2) is 4.19. The number of nitrogens with zero attached hydrogens (tertiary/aromatic N) is 1. The predicted molar refractivity (Wildman–Crippen MR) is 40.5 cm³/mol. The fraction of sp³-hybridized carbons (Fsp3) is 0.750. The summed E-state index contributed by atoms with van der Waals surface area (Å²) >= 11 is 0. The predicted octanol–water partition coefficient (Wildman–Crippen LogP) is 0.690. The Kier molecular flexibility index (Phi) is 3.11. The van der Waals surface area contributed by atoms with Crippen LogP contribution in [-0.4, -0.2) is 31.1 Å². The molecule has 0 aromatic rings. The second-order valence-corrected chi connectivity index (χ2v) is 2.52. The van der Waals surface area contributed by atoms with Gasteiger partial charge in [0.1, 0.15) is 12.7 Å². The molecule has 1 fully saturated rings. The SMILES string of the molecule is C#COCCN1CCCC1. The molecule has 1 saturated heterocycles. The molecule has 2 heteroatoms. The lowest BCUT2D eigenvalue weighted by Gasteiger charge is -2.12. The lowest BCUT2D eigenvalue weighted by molar-refractivity contribution is 0.214. The normalized spacial score (nSPS) is 18.7. The maximum absolute atomic E-state index is 4.92. The van der Waals surface area contributed by atoms with Crippen molar-refractivity contribution in [3.8, 4) is 12.5 Å². The third-order valence-electron chi connectivity index (χ3n) is 1.79. The molecule has 0 unspecified atom stereocenters. The molecule has 0 atom stereocenters. The topological polar surface area (TPSA) is 12.5 Å². The van der Waals surface area contributed by atoms with Gasteiger partial charge in [-0.1, -0.05) is 6.42 Å². The standard InChI is InChI=1S/C8H13NO/c1-2-10-8-7-9-5-3-4-6-9/h1H,3-8H2. The van der Waals surface area contributed by atoms with Crippen LogP contribution < -0.4 is 0 Å². The summed E-state index contributed by atoms with van der Waals surface area (Å²) in [4.78, 5) is 2.37. The fourth-order valence-corrected chi connectivity index (χ4v) is 1.24. The first-order valence-electron chi connectivity index (χ1n) is 3.73. The Labute approximate surface area is 62.2 Å². The third-order valence-corrected chi connectivity index (χ3v) is 1.79. The van der Waals surface area contributed by atoms with E-state index in [1.54, 1.807) is 0 Å². The Balaban J connectivity index is 1.97. The average Bonchev–Trinajstić information content (AvgIpc) is 2.41. The third kappa shape index (κ3) is 2.28. The molecule has 0 aliphatic carbocycles. The van der Waals surface area contributed by atoms with Crippen molar-refractivity contribution in [2.75, 3.05) is 26.2 Å². The van der Waals surface area contributed by atoms with Gasteiger partial charge < -0.3 is 4.74 Å². The zero-order valence-electron chi connectivity index (χ0n) is 6.18. The van der Waals surface area contributed by atoms with Crippen LogP contribution in [0.5, 0.6) is 0 Å². The molecule has 1 rings (SSSR count). The highest BCUT2D eigenvalue weighted by Crippen LogP contribution is 2.05. The zero-order chi connectivity index (χ0) is 7.23. The maximum Gasteiger partial charge on any atom is 0.113 e. The number of terminal acetylenes is 1. The highest BCUT2D eigenvalue weighted by molar-refractivity contribution is 4.70. The first-order valence-corrected chi connectivity index (χ1v) is 3.73. The van der Waals surface area contributed by atoms with Crippen LogP contribution >= 0.6 is 0 Å². The lowest BCUT2D eigenvalue weighted by Crippen LogP contribution is -2.23. The van der Waals surface area contributed by atoms with Crippen molar-refractivity contribution in [2.45, 2.75) is 12.8 Å². The molecule has 0 spiro atoms. The largest absolute Gasteiger partial charge is 0.445 e. The minimum absolute atomic E-state index is 0.677. The first-order chi connectivity index (χ1) is 4.93. The summed E-state index contributed by atoms with van der Waals surface area (Å²) in [5, 5.41) is 0. The van der Waals surface area contributed by atoms with Crippen molar-refractivity contribution >= 4 is 0 Å². The number of likely N-dealkylation sites (tertiary alicyclic amines) is 1. The number of ether oxygens (including phenoxy) is 1. The average molecular weight is 139 g/mol. The Morgan fingerprint density at radius 3 is 2.70 bits per heavy atom. The van der Waals surface area contributed by atoms with Crippen LogP contribution in [0.4, 0.5) is 0 Å². The van der Waals surface area contributed by atoms with E-state index in [1.807, 2.05) is 0 Å². The quantitative estimate of drug-likeness (QED) is 0.421. The van der Waals surface area contributed by atoms with E-state index in [-0.39, 0.29) is 0 Å². The van der Waals surface area contributed by atoms with Crippen LogP contribution in [-0.2, 0) is 4.74 Å².